The van der Waals surface area contributed by atoms with Gasteiger partial charge in [-0.3, -0.25) is 4.79 Å². The molecule has 98 valence electrons. The standard InChI is InChI=1S/C14H26N2O/c1-11-5-7-12(8-6-11)14(17)16(2)10-13-4-3-9-15-13/h11-13,15H,3-10H2,1-2H3. The monoisotopic (exact) mass is 238 g/mol. The van der Waals surface area contributed by atoms with Gasteiger partial charge in [-0.2, -0.15) is 0 Å². The number of rotatable bonds is 3. The molecule has 0 aromatic rings. The average molecular weight is 238 g/mol. The van der Waals surface area contributed by atoms with E-state index in [4.69, 9.17) is 0 Å². The lowest BCUT2D eigenvalue weighted by Crippen LogP contribution is -2.42. The summed E-state index contributed by atoms with van der Waals surface area (Å²) in [6.07, 6.45) is 7.13. The van der Waals surface area contributed by atoms with Crippen LogP contribution in [-0.4, -0.2) is 37.0 Å². The predicted octanol–water partition coefficient (Wildman–Crippen LogP) is 2.02. The Morgan fingerprint density at radius 2 is 1.94 bits per heavy atom. The minimum atomic E-state index is 0.303. The van der Waals surface area contributed by atoms with Crippen LogP contribution in [0.3, 0.4) is 0 Å². The molecule has 2 rings (SSSR count). The average Bonchev–Trinajstić information content (AvgIpc) is 2.82. The summed E-state index contributed by atoms with van der Waals surface area (Å²) < 4.78 is 0. The summed E-state index contributed by atoms with van der Waals surface area (Å²) in [5.41, 5.74) is 0. The highest BCUT2D eigenvalue weighted by Gasteiger charge is 2.28. The summed E-state index contributed by atoms with van der Waals surface area (Å²) in [5, 5.41) is 3.46. The fraction of sp³-hybridized carbons (Fsp3) is 0.929. The number of amides is 1. The van der Waals surface area contributed by atoms with Crippen molar-refractivity contribution in [2.45, 2.75) is 51.5 Å². The van der Waals surface area contributed by atoms with Crippen molar-refractivity contribution in [2.24, 2.45) is 11.8 Å². The van der Waals surface area contributed by atoms with Gasteiger partial charge in [0.2, 0.25) is 5.91 Å². The molecule has 0 radical (unpaired) electrons. The summed E-state index contributed by atoms with van der Waals surface area (Å²) >= 11 is 0. The van der Waals surface area contributed by atoms with Crippen LogP contribution in [0, 0.1) is 11.8 Å². The van der Waals surface area contributed by atoms with E-state index < -0.39 is 0 Å². The van der Waals surface area contributed by atoms with E-state index in [0.717, 1.165) is 31.8 Å². The van der Waals surface area contributed by atoms with Crippen molar-refractivity contribution in [1.82, 2.24) is 10.2 Å². The highest BCUT2D eigenvalue weighted by atomic mass is 16.2. The van der Waals surface area contributed by atoms with Gasteiger partial charge >= 0.3 is 0 Å². The first-order valence-corrected chi connectivity index (χ1v) is 7.15. The molecular weight excluding hydrogens is 212 g/mol. The van der Waals surface area contributed by atoms with Crippen LogP contribution >= 0.6 is 0 Å². The molecule has 0 bridgehead atoms. The molecule has 3 heteroatoms. The molecule has 1 amide bonds. The Morgan fingerprint density at radius 3 is 2.53 bits per heavy atom. The molecule has 1 saturated heterocycles. The second-order valence-corrected chi connectivity index (χ2v) is 5.97. The van der Waals surface area contributed by atoms with Gasteiger partial charge in [0, 0.05) is 25.6 Å². The van der Waals surface area contributed by atoms with E-state index in [1.807, 2.05) is 11.9 Å². The third-order valence-electron chi connectivity index (χ3n) is 4.40. The van der Waals surface area contributed by atoms with Crippen molar-refractivity contribution in [3.8, 4) is 0 Å². The first kappa shape index (κ1) is 12.9. The summed E-state index contributed by atoms with van der Waals surface area (Å²) in [7, 11) is 1.97. The molecule has 1 atom stereocenters. The topological polar surface area (TPSA) is 32.3 Å². The molecule has 1 unspecified atom stereocenters. The number of hydrogen-bond donors (Lipinski definition) is 1. The van der Waals surface area contributed by atoms with E-state index >= 15 is 0 Å². The molecule has 1 saturated carbocycles. The van der Waals surface area contributed by atoms with Crippen molar-refractivity contribution in [3.63, 3.8) is 0 Å². The Hall–Kier alpha value is -0.570. The minimum absolute atomic E-state index is 0.303. The first-order valence-electron chi connectivity index (χ1n) is 7.15. The van der Waals surface area contributed by atoms with Gasteiger partial charge in [0.1, 0.15) is 0 Å². The molecular formula is C14H26N2O. The summed E-state index contributed by atoms with van der Waals surface area (Å²) in [6, 6.07) is 0.534. The van der Waals surface area contributed by atoms with Gasteiger partial charge in [0.05, 0.1) is 0 Å². The van der Waals surface area contributed by atoms with E-state index in [-0.39, 0.29) is 0 Å². The highest BCUT2D eigenvalue weighted by Crippen LogP contribution is 2.29. The molecule has 1 heterocycles. The lowest BCUT2D eigenvalue weighted by Gasteiger charge is -2.30. The largest absolute Gasteiger partial charge is 0.344 e. The van der Waals surface area contributed by atoms with Crippen LogP contribution in [0.1, 0.15) is 45.4 Å². The zero-order chi connectivity index (χ0) is 12.3. The maximum atomic E-state index is 12.3. The molecule has 0 aromatic carbocycles. The second kappa shape index (κ2) is 5.85. The molecule has 1 N–H and O–H groups in total. The SMILES string of the molecule is CC1CCC(C(=O)N(C)CC2CCCN2)CC1. The molecule has 3 nitrogen and oxygen atoms in total. The Kier molecular flexibility index (Phi) is 4.43. The van der Waals surface area contributed by atoms with Crippen LogP contribution in [0.4, 0.5) is 0 Å². The zero-order valence-corrected chi connectivity index (χ0v) is 11.2. The van der Waals surface area contributed by atoms with E-state index in [1.165, 1.54) is 25.7 Å². The number of carbonyl (C=O) groups is 1. The second-order valence-electron chi connectivity index (χ2n) is 5.97. The van der Waals surface area contributed by atoms with Gasteiger partial charge in [-0.15, -0.1) is 0 Å². The fourth-order valence-corrected chi connectivity index (χ4v) is 3.15. The number of nitrogens with zero attached hydrogens (tertiary/aromatic N) is 1. The van der Waals surface area contributed by atoms with Crippen molar-refractivity contribution < 1.29 is 4.79 Å². The number of hydrogen-bond acceptors (Lipinski definition) is 2. The van der Waals surface area contributed by atoms with E-state index in [1.54, 1.807) is 0 Å². The normalized spacial score (nSPS) is 33.6. The number of carbonyl (C=O) groups excluding carboxylic acids is 1. The number of nitrogens with one attached hydrogen (secondary N) is 1. The first-order chi connectivity index (χ1) is 8.16. The minimum Gasteiger partial charge on any atom is -0.344 e. The Bertz CT molecular complexity index is 253. The van der Waals surface area contributed by atoms with Crippen molar-refractivity contribution in [2.75, 3.05) is 20.1 Å². The van der Waals surface area contributed by atoms with Gasteiger partial charge in [0.25, 0.3) is 0 Å². The van der Waals surface area contributed by atoms with Crippen LogP contribution in [0.2, 0.25) is 0 Å². The van der Waals surface area contributed by atoms with E-state index in [0.29, 0.717) is 17.9 Å². The summed E-state index contributed by atoms with van der Waals surface area (Å²) in [4.78, 5) is 14.3. The van der Waals surface area contributed by atoms with Crippen molar-refractivity contribution >= 4 is 5.91 Å². The van der Waals surface area contributed by atoms with E-state index in [2.05, 4.69) is 12.2 Å². The summed E-state index contributed by atoms with van der Waals surface area (Å²) in [5.74, 6) is 1.50. The molecule has 2 aliphatic rings. The van der Waals surface area contributed by atoms with Gasteiger partial charge in [-0.05, 0) is 51.0 Å². The van der Waals surface area contributed by atoms with Gasteiger partial charge in [0.15, 0.2) is 0 Å². The van der Waals surface area contributed by atoms with Crippen LogP contribution in [0.15, 0.2) is 0 Å². The molecule has 0 spiro atoms. The van der Waals surface area contributed by atoms with E-state index in [9.17, 15) is 4.79 Å². The fourth-order valence-electron chi connectivity index (χ4n) is 3.15. The highest BCUT2D eigenvalue weighted by molar-refractivity contribution is 5.78. The van der Waals surface area contributed by atoms with Gasteiger partial charge < -0.3 is 10.2 Å². The number of likely N-dealkylation sites (N-methyl/N-ethyl adjacent to an activating group) is 1. The lowest BCUT2D eigenvalue weighted by molar-refractivity contribution is -0.135. The van der Waals surface area contributed by atoms with Crippen LogP contribution < -0.4 is 5.32 Å². The maximum Gasteiger partial charge on any atom is 0.225 e. The Morgan fingerprint density at radius 1 is 1.24 bits per heavy atom. The predicted molar refractivity (Wildman–Crippen MR) is 69.8 cm³/mol. The molecule has 2 fully saturated rings. The molecule has 1 aliphatic carbocycles. The molecule has 1 aliphatic heterocycles. The Labute approximate surface area is 105 Å². The van der Waals surface area contributed by atoms with Gasteiger partial charge in [-0.1, -0.05) is 6.92 Å². The lowest BCUT2D eigenvalue weighted by atomic mass is 9.82. The third-order valence-corrected chi connectivity index (χ3v) is 4.40. The molecule has 0 aromatic heterocycles. The summed E-state index contributed by atoms with van der Waals surface area (Å²) in [6.45, 7) is 4.31. The smallest absolute Gasteiger partial charge is 0.225 e. The van der Waals surface area contributed by atoms with Crippen LogP contribution in [0.25, 0.3) is 0 Å². The molecule has 17 heavy (non-hydrogen) atoms. The van der Waals surface area contributed by atoms with Gasteiger partial charge in [-0.25, -0.2) is 0 Å². The zero-order valence-electron chi connectivity index (χ0n) is 11.2. The quantitative estimate of drug-likeness (QED) is 0.816. The van der Waals surface area contributed by atoms with Crippen LogP contribution in [0.5, 0.6) is 0 Å². The third kappa shape index (κ3) is 3.44. The van der Waals surface area contributed by atoms with Crippen molar-refractivity contribution in [3.05, 3.63) is 0 Å². The Balaban J connectivity index is 1.77. The maximum absolute atomic E-state index is 12.3. The van der Waals surface area contributed by atoms with Crippen LogP contribution in [-0.2, 0) is 4.79 Å². The van der Waals surface area contributed by atoms with Crippen molar-refractivity contribution in [1.29, 1.82) is 0 Å².